The molecular formula is C24H26N4O2. The number of nitrogens with one attached hydrogen (secondary N) is 1. The van der Waals surface area contributed by atoms with Crippen molar-refractivity contribution in [3.63, 3.8) is 0 Å². The normalized spacial score (nSPS) is 16.9. The monoisotopic (exact) mass is 402 g/mol. The number of hydrogen-bond acceptors (Lipinski definition) is 4. The molecule has 6 heteroatoms. The first-order valence-corrected chi connectivity index (χ1v) is 10.3. The number of Topliss-reactive ketones (excluding diaryl/α,β-unsaturated/α-hetero) is 1. The summed E-state index contributed by atoms with van der Waals surface area (Å²) in [6.45, 7) is 1.72. The molecule has 2 heterocycles. The zero-order valence-corrected chi connectivity index (χ0v) is 17.1. The largest absolute Gasteiger partial charge is 0.322 e. The van der Waals surface area contributed by atoms with Gasteiger partial charge in [-0.05, 0) is 30.5 Å². The van der Waals surface area contributed by atoms with Crippen LogP contribution in [-0.4, -0.2) is 46.0 Å². The first-order valence-electron chi connectivity index (χ1n) is 10.3. The van der Waals surface area contributed by atoms with Gasteiger partial charge in [0.1, 0.15) is 0 Å². The van der Waals surface area contributed by atoms with Gasteiger partial charge in [0.15, 0.2) is 5.78 Å². The van der Waals surface area contributed by atoms with Crippen LogP contribution in [0.1, 0.15) is 23.2 Å². The SMILES string of the molecule is Cn1cc(NC(=O)CN2CCC[C@@H](C(=O)c3ccc(-c4ccccc4)cc3)C2)cn1. The van der Waals surface area contributed by atoms with Gasteiger partial charge in [0.25, 0.3) is 0 Å². The number of piperidine rings is 1. The first kappa shape index (κ1) is 20.0. The quantitative estimate of drug-likeness (QED) is 0.640. The summed E-state index contributed by atoms with van der Waals surface area (Å²) in [5, 5.41) is 6.91. The highest BCUT2D eigenvalue weighted by Gasteiger charge is 2.27. The molecule has 1 aromatic heterocycles. The standard InChI is InChI=1S/C24H26N4O2/c1-27-16-22(14-25-27)26-23(29)17-28-13-5-8-21(15-28)24(30)20-11-9-19(10-12-20)18-6-3-2-4-7-18/h2-4,6-7,9-12,14,16,21H,5,8,13,15,17H2,1H3,(H,26,29)/t21-/m1/s1. The third kappa shape index (κ3) is 4.83. The molecule has 154 valence electrons. The van der Waals surface area contributed by atoms with E-state index < -0.39 is 0 Å². The highest BCUT2D eigenvalue weighted by atomic mass is 16.2. The maximum atomic E-state index is 13.0. The summed E-state index contributed by atoms with van der Waals surface area (Å²) in [5.74, 6) is 0.00260. The Morgan fingerprint density at radius 2 is 1.80 bits per heavy atom. The van der Waals surface area contributed by atoms with Crippen LogP contribution in [0.4, 0.5) is 5.69 Å². The Bertz CT molecular complexity index is 1010. The molecule has 2 aromatic carbocycles. The molecule has 1 saturated heterocycles. The Hall–Kier alpha value is -3.25. The number of aromatic nitrogens is 2. The molecular weight excluding hydrogens is 376 g/mol. The molecule has 4 rings (SSSR count). The number of ketones is 1. The van der Waals surface area contributed by atoms with Crippen molar-refractivity contribution in [1.29, 1.82) is 0 Å². The third-order valence-electron chi connectivity index (χ3n) is 5.51. The van der Waals surface area contributed by atoms with Crippen molar-refractivity contribution in [2.24, 2.45) is 13.0 Å². The molecule has 1 aliphatic heterocycles. The Kier molecular flexibility index (Phi) is 6.05. The fourth-order valence-electron chi connectivity index (χ4n) is 4.00. The molecule has 1 atom stereocenters. The molecule has 3 aromatic rings. The molecule has 1 N–H and O–H groups in total. The molecule has 0 bridgehead atoms. The molecule has 0 aliphatic carbocycles. The second-order valence-corrected chi connectivity index (χ2v) is 7.83. The van der Waals surface area contributed by atoms with E-state index in [1.165, 1.54) is 0 Å². The van der Waals surface area contributed by atoms with E-state index in [0.717, 1.165) is 36.1 Å². The summed E-state index contributed by atoms with van der Waals surface area (Å²) < 4.78 is 1.65. The molecule has 1 fully saturated rings. The van der Waals surface area contributed by atoms with Crippen LogP contribution >= 0.6 is 0 Å². The van der Waals surface area contributed by atoms with Gasteiger partial charge in [-0.25, -0.2) is 0 Å². The number of anilines is 1. The molecule has 0 radical (unpaired) electrons. The van der Waals surface area contributed by atoms with Gasteiger partial charge in [0, 0.05) is 31.3 Å². The van der Waals surface area contributed by atoms with E-state index >= 15 is 0 Å². The van der Waals surface area contributed by atoms with Crippen LogP contribution in [0, 0.1) is 5.92 Å². The van der Waals surface area contributed by atoms with Gasteiger partial charge in [-0.2, -0.15) is 5.10 Å². The lowest BCUT2D eigenvalue weighted by Gasteiger charge is -2.31. The zero-order chi connectivity index (χ0) is 20.9. The number of likely N-dealkylation sites (tertiary alicyclic amines) is 1. The molecule has 1 amide bonds. The second-order valence-electron chi connectivity index (χ2n) is 7.83. The van der Waals surface area contributed by atoms with E-state index in [4.69, 9.17) is 0 Å². The average molecular weight is 402 g/mol. The molecule has 30 heavy (non-hydrogen) atoms. The molecule has 6 nitrogen and oxygen atoms in total. The van der Waals surface area contributed by atoms with Gasteiger partial charge >= 0.3 is 0 Å². The Labute approximate surface area is 176 Å². The lowest BCUT2D eigenvalue weighted by Crippen LogP contribution is -2.42. The van der Waals surface area contributed by atoms with Crippen LogP contribution in [0.25, 0.3) is 11.1 Å². The minimum absolute atomic E-state index is 0.0764. The van der Waals surface area contributed by atoms with Crippen LogP contribution < -0.4 is 5.32 Å². The van der Waals surface area contributed by atoms with Crippen molar-refractivity contribution in [2.45, 2.75) is 12.8 Å². The summed E-state index contributed by atoms with van der Waals surface area (Å²) in [7, 11) is 1.81. The Morgan fingerprint density at radius 3 is 2.50 bits per heavy atom. The number of amides is 1. The van der Waals surface area contributed by atoms with Gasteiger partial charge in [0.05, 0.1) is 18.4 Å². The van der Waals surface area contributed by atoms with Crippen LogP contribution in [-0.2, 0) is 11.8 Å². The van der Waals surface area contributed by atoms with Gasteiger partial charge in [-0.15, -0.1) is 0 Å². The number of aryl methyl sites for hydroxylation is 1. The lowest BCUT2D eigenvalue weighted by atomic mass is 9.89. The topological polar surface area (TPSA) is 67.2 Å². The molecule has 1 aliphatic rings. The van der Waals surface area contributed by atoms with E-state index in [0.29, 0.717) is 12.2 Å². The maximum absolute atomic E-state index is 13.0. The smallest absolute Gasteiger partial charge is 0.238 e. The first-order chi connectivity index (χ1) is 14.6. The van der Waals surface area contributed by atoms with Gasteiger partial charge in [0.2, 0.25) is 5.91 Å². The van der Waals surface area contributed by atoms with Crippen LogP contribution in [0.5, 0.6) is 0 Å². The summed E-state index contributed by atoms with van der Waals surface area (Å²) in [5.41, 5.74) is 3.66. The van der Waals surface area contributed by atoms with E-state index in [1.807, 2.05) is 49.5 Å². The van der Waals surface area contributed by atoms with Crippen LogP contribution in [0.3, 0.4) is 0 Å². The molecule has 0 unspecified atom stereocenters. The van der Waals surface area contributed by atoms with E-state index in [1.54, 1.807) is 17.1 Å². The summed E-state index contributed by atoms with van der Waals surface area (Å²) in [6.07, 6.45) is 5.16. The number of carbonyl (C=O) groups is 2. The van der Waals surface area contributed by atoms with Crippen molar-refractivity contribution in [1.82, 2.24) is 14.7 Å². The number of benzene rings is 2. The molecule has 0 spiro atoms. The van der Waals surface area contributed by atoms with Crippen molar-refractivity contribution >= 4 is 17.4 Å². The summed E-state index contributed by atoms with van der Waals surface area (Å²) in [4.78, 5) is 27.4. The highest BCUT2D eigenvalue weighted by Crippen LogP contribution is 2.24. The lowest BCUT2D eigenvalue weighted by molar-refractivity contribution is -0.117. The van der Waals surface area contributed by atoms with E-state index in [-0.39, 0.29) is 24.2 Å². The minimum atomic E-state index is -0.0803. The van der Waals surface area contributed by atoms with Gasteiger partial charge in [-0.3, -0.25) is 19.2 Å². The van der Waals surface area contributed by atoms with E-state index in [2.05, 4.69) is 27.4 Å². The molecule has 0 saturated carbocycles. The maximum Gasteiger partial charge on any atom is 0.238 e. The number of rotatable bonds is 6. The van der Waals surface area contributed by atoms with Crippen molar-refractivity contribution in [3.8, 4) is 11.1 Å². The highest BCUT2D eigenvalue weighted by molar-refractivity contribution is 5.98. The number of carbonyl (C=O) groups excluding carboxylic acids is 2. The zero-order valence-electron chi connectivity index (χ0n) is 17.1. The van der Waals surface area contributed by atoms with Crippen LogP contribution in [0.15, 0.2) is 67.0 Å². The Balaban J connectivity index is 1.35. The van der Waals surface area contributed by atoms with Crippen LogP contribution in [0.2, 0.25) is 0 Å². The predicted molar refractivity (Wildman–Crippen MR) is 117 cm³/mol. The van der Waals surface area contributed by atoms with Gasteiger partial charge in [-0.1, -0.05) is 54.6 Å². The number of hydrogen-bond donors (Lipinski definition) is 1. The average Bonchev–Trinajstić information content (AvgIpc) is 3.18. The van der Waals surface area contributed by atoms with Crippen molar-refractivity contribution in [2.75, 3.05) is 25.0 Å². The summed E-state index contributed by atoms with van der Waals surface area (Å²) >= 11 is 0. The summed E-state index contributed by atoms with van der Waals surface area (Å²) in [6, 6.07) is 18.0. The fourth-order valence-corrected chi connectivity index (χ4v) is 4.00. The second kappa shape index (κ2) is 9.05. The third-order valence-corrected chi connectivity index (χ3v) is 5.51. The van der Waals surface area contributed by atoms with Crippen molar-refractivity contribution in [3.05, 3.63) is 72.6 Å². The predicted octanol–water partition coefficient (Wildman–Crippen LogP) is 3.62. The minimum Gasteiger partial charge on any atom is -0.322 e. The van der Waals surface area contributed by atoms with Crippen molar-refractivity contribution < 1.29 is 9.59 Å². The fraction of sp³-hybridized carbons (Fsp3) is 0.292. The Morgan fingerprint density at radius 1 is 1.07 bits per heavy atom. The van der Waals surface area contributed by atoms with E-state index in [9.17, 15) is 9.59 Å². The number of nitrogens with zero attached hydrogens (tertiary/aromatic N) is 3. The van der Waals surface area contributed by atoms with Gasteiger partial charge < -0.3 is 5.32 Å².